The Balaban J connectivity index is 2.20. The lowest BCUT2D eigenvalue weighted by molar-refractivity contribution is -0.114. The maximum Gasteiger partial charge on any atom is 0.413 e. The van der Waals surface area contributed by atoms with E-state index >= 15 is 0 Å². The number of rotatable bonds is 3. The summed E-state index contributed by atoms with van der Waals surface area (Å²) in [6.07, 6.45) is 0.948. The molecule has 7 nitrogen and oxygen atoms in total. The Bertz CT molecular complexity index is 803. The number of hydrogen-bond acceptors (Lipinski definition) is 5. The molecule has 2 N–H and O–H groups in total. The van der Waals surface area contributed by atoms with E-state index in [0.717, 1.165) is 0 Å². The number of pyridine rings is 2. The highest BCUT2D eigenvalue weighted by Crippen LogP contribution is 2.26. The number of amides is 2. The van der Waals surface area contributed by atoms with Crippen molar-refractivity contribution in [3.05, 3.63) is 35.6 Å². The molecular weight excluding hydrogens is 344 g/mol. The molecular formula is C17H19ClN4O3. The SMILES string of the molecule is CC(=O)Nc1ccc(-c2ccnc(NC(=O)OC(C)(C)C)c2)nc1Cl. The number of ether oxygens (including phenoxy) is 1. The Labute approximate surface area is 150 Å². The van der Waals surface area contributed by atoms with E-state index in [4.69, 9.17) is 16.3 Å². The van der Waals surface area contributed by atoms with Gasteiger partial charge >= 0.3 is 6.09 Å². The smallest absolute Gasteiger partial charge is 0.413 e. The van der Waals surface area contributed by atoms with E-state index in [1.165, 1.54) is 6.92 Å². The number of hydrogen-bond donors (Lipinski definition) is 2. The average molecular weight is 363 g/mol. The topological polar surface area (TPSA) is 93.2 Å². The van der Waals surface area contributed by atoms with E-state index in [2.05, 4.69) is 20.6 Å². The molecule has 132 valence electrons. The molecule has 0 saturated carbocycles. The van der Waals surface area contributed by atoms with Gasteiger partial charge in [0.15, 0.2) is 5.15 Å². The molecule has 0 fully saturated rings. The van der Waals surface area contributed by atoms with Crippen LogP contribution in [-0.2, 0) is 9.53 Å². The molecule has 0 radical (unpaired) electrons. The quantitative estimate of drug-likeness (QED) is 0.801. The second-order valence-corrected chi connectivity index (χ2v) is 6.63. The molecule has 2 rings (SSSR count). The summed E-state index contributed by atoms with van der Waals surface area (Å²) in [7, 11) is 0. The Kier molecular flexibility index (Phi) is 5.58. The Morgan fingerprint density at radius 3 is 2.48 bits per heavy atom. The Morgan fingerprint density at radius 2 is 1.88 bits per heavy atom. The number of nitrogens with one attached hydrogen (secondary N) is 2. The van der Waals surface area contributed by atoms with Gasteiger partial charge in [-0.1, -0.05) is 11.6 Å². The van der Waals surface area contributed by atoms with Crippen molar-refractivity contribution in [1.29, 1.82) is 0 Å². The summed E-state index contributed by atoms with van der Waals surface area (Å²) >= 11 is 6.09. The van der Waals surface area contributed by atoms with Crippen LogP contribution in [0.1, 0.15) is 27.7 Å². The lowest BCUT2D eigenvalue weighted by atomic mass is 10.1. The minimum absolute atomic E-state index is 0.172. The highest BCUT2D eigenvalue weighted by molar-refractivity contribution is 6.32. The van der Waals surface area contributed by atoms with Crippen LogP contribution < -0.4 is 10.6 Å². The van der Waals surface area contributed by atoms with Crippen LogP contribution in [0.3, 0.4) is 0 Å². The maximum atomic E-state index is 11.8. The monoisotopic (exact) mass is 362 g/mol. The summed E-state index contributed by atoms with van der Waals surface area (Å²) in [6, 6.07) is 6.76. The van der Waals surface area contributed by atoms with Crippen LogP contribution in [0.4, 0.5) is 16.3 Å². The lowest BCUT2D eigenvalue weighted by Crippen LogP contribution is -2.27. The first-order valence-corrected chi connectivity index (χ1v) is 7.92. The molecule has 2 aromatic rings. The third kappa shape index (κ3) is 5.72. The van der Waals surface area contributed by atoms with Gasteiger partial charge in [-0.25, -0.2) is 14.8 Å². The van der Waals surface area contributed by atoms with E-state index in [1.807, 2.05) is 0 Å². The van der Waals surface area contributed by atoms with Crippen LogP contribution in [-0.4, -0.2) is 27.6 Å². The normalized spacial score (nSPS) is 10.9. The standard InChI is InChI=1S/C17H19ClN4O3/c1-10(23)20-13-6-5-12(21-15(13)18)11-7-8-19-14(9-11)22-16(24)25-17(2,3)4/h5-9H,1-4H3,(H,20,23)(H,19,22,24). The molecule has 8 heteroatoms. The number of carbonyl (C=O) groups is 2. The van der Waals surface area contributed by atoms with Crippen LogP contribution >= 0.6 is 11.6 Å². The van der Waals surface area contributed by atoms with Crippen molar-refractivity contribution >= 4 is 35.1 Å². The number of aromatic nitrogens is 2. The van der Waals surface area contributed by atoms with Gasteiger partial charge in [0, 0.05) is 18.7 Å². The van der Waals surface area contributed by atoms with Crippen LogP contribution in [0.15, 0.2) is 30.5 Å². The van der Waals surface area contributed by atoms with Crippen molar-refractivity contribution in [3.8, 4) is 11.3 Å². The molecule has 0 bridgehead atoms. The molecule has 0 saturated heterocycles. The number of carbonyl (C=O) groups excluding carboxylic acids is 2. The predicted octanol–water partition coefficient (Wildman–Crippen LogP) is 4.10. The molecule has 0 aliphatic carbocycles. The Hall–Kier alpha value is -2.67. The molecule has 25 heavy (non-hydrogen) atoms. The summed E-state index contributed by atoms with van der Waals surface area (Å²) in [5.41, 5.74) is 1.11. The second kappa shape index (κ2) is 7.48. The summed E-state index contributed by atoms with van der Waals surface area (Å²) in [6.45, 7) is 6.72. The number of halogens is 1. The zero-order valence-corrected chi connectivity index (χ0v) is 15.1. The van der Waals surface area contributed by atoms with Gasteiger partial charge in [-0.15, -0.1) is 0 Å². The maximum absolute atomic E-state index is 11.8. The van der Waals surface area contributed by atoms with Gasteiger partial charge in [-0.05, 0) is 45.0 Å². The van der Waals surface area contributed by atoms with Crippen molar-refractivity contribution in [2.45, 2.75) is 33.3 Å². The van der Waals surface area contributed by atoms with Crippen LogP contribution in [0.5, 0.6) is 0 Å². The third-order valence-corrected chi connectivity index (χ3v) is 3.13. The number of anilines is 2. The first kappa shape index (κ1) is 18.7. The average Bonchev–Trinajstić information content (AvgIpc) is 2.47. The van der Waals surface area contributed by atoms with Crippen molar-refractivity contribution in [2.24, 2.45) is 0 Å². The van der Waals surface area contributed by atoms with E-state index < -0.39 is 11.7 Å². The van der Waals surface area contributed by atoms with Crippen LogP contribution in [0, 0.1) is 0 Å². The highest BCUT2D eigenvalue weighted by atomic mass is 35.5. The fourth-order valence-electron chi connectivity index (χ4n) is 1.94. The van der Waals surface area contributed by atoms with Gasteiger partial charge in [-0.2, -0.15) is 0 Å². The zero-order chi connectivity index (χ0) is 18.6. The van der Waals surface area contributed by atoms with E-state index in [1.54, 1.807) is 51.2 Å². The van der Waals surface area contributed by atoms with E-state index in [-0.39, 0.29) is 11.1 Å². The van der Waals surface area contributed by atoms with Crippen LogP contribution in [0.2, 0.25) is 5.15 Å². The molecule has 2 amide bonds. The molecule has 0 spiro atoms. The van der Waals surface area contributed by atoms with Gasteiger partial charge in [0.05, 0.1) is 11.4 Å². The van der Waals surface area contributed by atoms with Gasteiger partial charge in [-0.3, -0.25) is 10.1 Å². The van der Waals surface area contributed by atoms with Crippen molar-refractivity contribution in [1.82, 2.24) is 9.97 Å². The summed E-state index contributed by atoms with van der Waals surface area (Å²) < 4.78 is 5.19. The largest absolute Gasteiger partial charge is 0.444 e. The predicted molar refractivity (Wildman–Crippen MR) is 96.6 cm³/mol. The zero-order valence-electron chi connectivity index (χ0n) is 14.4. The van der Waals surface area contributed by atoms with Crippen LogP contribution in [0.25, 0.3) is 11.3 Å². The van der Waals surface area contributed by atoms with Gasteiger partial charge in [0.1, 0.15) is 11.4 Å². The summed E-state index contributed by atoms with van der Waals surface area (Å²) in [5.74, 6) is 0.0971. The molecule has 2 heterocycles. The van der Waals surface area contributed by atoms with Crippen molar-refractivity contribution in [3.63, 3.8) is 0 Å². The van der Waals surface area contributed by atoms with Crippen molar-refractivity contribution < 1.29 is 14.3 Å². The van der Waals surface area contributed by atoms with E-state index in [9.17, 15) is 9.59 Å². The Morgan fingerprint density at radius 1 is 1.16 bits per heavy atom. The summed E-state index contributed by atoms with van der Waals surface area (Å²) in [5, 5.41) is 5.33. The minimum Gasteiger partial charge on any atom is -0.444 e. The minimum atomic E-state index is -0.601. The molecule has 0 atom stereocenters. The highest BCUT2D eigenvalue weighted by Gasteiger charge is 2.17. The molecule has 2 aromatic heterocycles. The molecule has 0 aliphatic rings. The molecule has 0 aromatic carbocycles. The fourth-order valence-corrected chi connectivity index (χ4v) is 2.15. The van der Waals surface area contributed by atoms with Crippen molar-refractivity contribution in [2.75, 3.05) is 10.6 Å². The first-order chi connectivity index (χ1) is 11.6. The fraction of sp³-hybridized carbons (Fsp3) is 0.294. The third-order valence-electron chi connectivity index (χ3n) is 2.84. The van der Waals surface area contributed by atoms with Gasteiger partial charge < -0.3 is 10.1 Å². The first-order valence-electron chi connectivity index (χ1n) is 7.54. The summed E-state index contributed by atoms with van der Waals surface area (Å²) in [4.78, 5) is 31.3. The molecule has 0 unspecified atom stereocenters. The van der Waals surface area contributed by atoms with Gasteiger partial charge in [0.2, 0.25) is 5.91 Å². The van der Waals surface area contributed by atoms with Gasteiger partial charge in [0.25, 0.3) is 0 Å². The second-order valence-electron chi connectivity index (χ2n) is 6.27. The number of nitrogens with zero attached hydrogens (tertiary/aromatic N) is 2. The van der Waals surface area contributed by atoms with E-state index in [0.29, 0.717) is 22.8 Å². The lowest BCUT2D eigenvalue weighted by Gasteiger charge is -2.19. The molecule has 0 aliphatic heterocycles.